The molecule has 2 saturated heterocycles. The summed E-state index contributed by atoms with van der Waals surface area (Å²) < 4.78 is 10.5. The van der Waals surface area contributed by atoms with Crippen molar-refractivity contribution in [3.05, 3.63) is 74.3 Å². The van der Waals surface area contributed by atoms with Crippen molar-refractivity contribution in [1.29, 1.82) is 0 Å². The van der Waals surface area contributed by atoms with Crippen molar-refractivity contribution in [2.45, 2.75) is 12.5 Å². The lowest BCUT2D eigenvalue weighted by Crippen LogP contribution is -2.39. The van der Waals surface area contributed by atoms with Crippen molar-refractivity contribution in [2.75, 3.05) is 46.5 Å². The number of carbonyl (C=O) groups is 2. The highest BCUT2D eigenvalue weighted by molar-refractivity contribution is 6.46. The van der Waals surface area contributed by atoms with Crippen LogP contribution in [0.3, 0.4) is 0 Å². The lowest BCUT2D eigenvalue weighted by atomic mass is 9.95. The van der Waals surface area contributed by atoms with Gasteiger partial charge in [0.2, 0.25) is 0 Å². The number of amides is 1. The van der Waals surface area contributed by atoms with E-state index in [9.17, 15) is 24.8 Å². The molecule has 2 aliphatic heterocycles. The molecule has 0 aromatic heterocycles. The number of nitro groups is 1. The second-order valence-electron chi connectivity index (χ2n) is 8.50. The standard InChI is InChI=1S/C25H26ClN3O7/c1-35-20-7-6-17(15-19(20)26)23(30)21-22(16-4-2-5-18(14-16)29(33)34)28(25(32)24(21)31)9-3-8-27-10-12-36-13-11-27/h2,4-7,14-15,22,30H,3,8-13H2,1H3/t22-/m0/s1. The first kappa shape index (κ1) is 25.6. The predicted octanol–water partition coefficient (Wildman–Crippen LogP) is 3.40. The predicted molar refractivity (Wildman–Crippen MR) is 132 cm³/mol. The van der Waals surface area contributed by atoms with E-state index < -0.39 is 28.4 Å². The number of halogens is 1. The van der Waals surface area contributed by atoms with Gasteiger partial charge in [-0.05, 0) is 30.2 Å². The van der Waals surface area contributed by atoms with Crippen LogP contribution in [0.1, 0.15) is 23.6 Å². The molecule has 10 nitrogen and oxygen atoms in total. The fourth-order valence-electron chi connectivity index (χ4n) is 4.52. The van der Waals surface area contributed by atoms with Crippen LogP contribution >= 0.6 is 11.6 Å². The summed E-state index contributed by atoms with van der Waals surface area (Å²) in [6, 6.07) is 9.26. The fourth-order valence-corrected chi connectivity index (χ4v) is 4.78. The first-order valence-electron chi connectivity index (χ1n) is 11.5. The van der Waals surface area contributed by atoms with E-state index in [4.69, 9.17) is 21.1 Å². The molecule has 0 unspecified atom stereocenters. The summed E-state index contributed by atoms with van der Waals surface area (Å²) in [5.41, 5.74) is 0.255. The third-order valence-corrected chi connectivity index (χ3v) is 6.63. The largest absolute Gasteiger partial charge is 0.507 e. The number of methoxy groups -OCH3 is 1. The first-order valence-corrected chi connectivity index (χ1v) is 11.9. The summed E-state index contributed by atoms with van der Waals surface area (Å²) in [7, 11) is 1.45. The van der Waals surface area contributed by atoms with Crippen molar-refractivity contribution in [1.82, 2.24) is 9.80 Å². The monoisotopic (exact) mass is 515 g/mol. The van der Waals surface area contributed by atoms with E-state index in [0.717, 1.165) is 13.1 Å². The van der Waals surface area contributed by atoms with Crippen LogP contribution in [0.15, 0.2) is 48.0 Å². The number of hydrogen-bond donors (Lipinski definition) is 1. The molecule has 0 spiro atoms. The number of morpholine rings is 1. The average molecular weight is 516 g/mol. The second-order valence-corrected chi connectivity index (χ2v) is 8.91. The minimum absolute atomic E-state index is 0.145. The Labute approximate surface area is 212 Å². The molecule has 2 aromatic rings. The number of carbonyl (C=O) groups excluding carboxylic acids is 2. The summed E-state index contributed by atoms with van der Waals surface area (Å²) in [5, 5.41) is 22.8. The molecule has 36 heavy (non-hydrogen) atoms. The highest BCUT2D eigenvalue weighted by Gasteiger charge is 2.46. The van der Waals surface area contributed by atoms with E-state index >= 15 is 0 Å². The Morgan fingerprint density at radius 3 is 2.61 bits per heavy atom. The molecular formula is C25H26ClN3O7. The van der Waals surface area contributed by atoms with E-state index in [1.54, 1.807) is 6.07 Å². The molecule has 4 rings (SSSR count). The third kappa shape index (κ3) is 5.20. The van der Waals surface area contributed by atoms with Crippen LogP contribution in [0.4, 0.5) is 5.69 Å². The van der Waals surface area contributed by atoms with Gasteiger partial charge in [-0.3, -0.25) is 24.6 Å². The number of Topliss-reactive ketones (excluding diaryl/α,β-unsaturated/α-hetero) is 1. The summed E-state index contributed by atoms with van der Waals surface area (Å²) in [4.78, 5) is 40.8. The maximum absolute atomic E-state index is 13.2. The van der Waals surface area contributed by atoms with Gasteiger partial charge in [-0.2, -0.15) is 0 Å². The molecule has 1 N–H and O–H groups in total. The molecule has 1 atom stereocenters. The molecule has 0 radical (unpaired) electrons. The minimum atomic E-state index is -0.990. The van der Waals surface area contributed by atoms with Crippen molar-refractivity contribution < 1.29 is 29.1 Å². The van der Waals surface area contributed by atoms with Gasteiger partial charge in [0, 0.05) is 43.9 Å². The zero-order chi connectivity index (χ0) is 25.8. The van der Waals surface area contributed by atoms with Gasteiger partial charge in [-0.15, -0.1) is 0 Å². The van der Waals surface area contributed by atoms with Crippen LogP contribution in [0.2, 0.25) is 5.02 Å². The summed E-state index contributed by atoms with van der Waals surface area (Å²) >= 11 is 6.22. The number of ketones is 1. The average Bonchev–Trinajstić information content (AvgIpc) is 3.14. The number of nitrogens with zero attached hydrogens (tertiary/aromatic N) is 3. The molecule has 1 amide bonds. The topological polar surface area (TPSA) is 122 Å². The SMILES string of the molecule is COc1ccc(C(O)=C2C(=O)C(=O)N(CCCN3CCOCC3)[C@H]2c2cccc([N+](=O)[O-])c2)cc1Cl. The van der Waals surface area contributed by atoms with Crippen molar-refractivity contribution in [3.8, 4) is 5.75 Å². The van der Waals surface area contributed by atoms with Crippen LogP contribution < -0.4 is 4.74 Å². The number of nitro benzene ring substituents is 1. The summed E-state index contributed by atoms with van der Waals surface area (Å²) in [6.45, 7) is 3.78. The Bertz CT molecular complexity index is 1210. The number of rotatable bonds is 8. The van der Waals surface area contributed by atoms with E-state index in [1.807, 2.05) is 0 Å². The minimum Gasteiger partial charge on any atom is -0.507 e. The van der Waals surface area contributed by atoms with Crippen LogP contribution in [-0.2, 0) is 14.3 Å². The Morgan fingerprint density at radius 2 is 1.94 bits per heavy atom. The molecular weight excluding hydrogens is 490 g/mol. The second kappa shape index (κ2) is 11.1. The zero-order valence-electron chi connectivity index (χ0n) is 19.7. The maximum Gasteiger partial charge on any atom is 0.295 e. The number of benzene rings is 2. The molecule has 190 valence electrons. The molecule has 0 saturated carbocycles. The van der Waals surface area contributed by atoms with E-state index in [0.29, 0.717) is 37.5 Å². The molecule has 2 aliphatic rings. The Kier molecular flexibility index (Phi) is 7.88. The number of ether oxygens (including phenoxy) is 2. The van der Waals surface area contributed by atoms with Crippen LogP contribution in [0.25, 0.3) is 5.76 Å². The number of aliphatic hydroxyl groups excluding tert-OH is 1. The molecule has 2 heterocycles. The summed E-state index contributed by atoms with van der Waals surface area (Å²) in [6.07, 6.45) is 0.576. The van der Waals surface area contributed by atoms with Crippen LogP contribution in [0.5, 0.6) is 5.75 Å². The highest BCUT2D eigenvalue weighted by atomic mass is 35.5. The van der Waals surface area contributed by atoms with Gasteiger partial charge in [-0.1, -0.05) is 23.7 Å². The van der Waals surface area contributed by atoms with Gasteiger partial charge in [-0.25, -0.2) is 0 Å². The van der Waals surface area contributed by atoms with Crippen molar-refractivity contribution in [2.24, 2.45) is 0 Å². The van der Waals surface area contributed by atoms with Gasteiger partial charge < -0.3 is 19.5 Å². The number of non-ortho nitro benzene ring substituents is 1. The smallest absolute Gasteiger partial charge is 0.295 e. The fraction of sp³-hybridized carbons (Fsp3) is 0.360. The molecule has 0 aliphatic carbocycles. The van der Waals surface area contributed by atoms with Crippen molar-refractivity contribution in [3.63, 3.8) is 0 Å². The maximum atomic E-state index is 13.2. The lowest BCUT2D eigenvalue weighted by molar-refractivity contribution is -0.384. The highest BCUT2D eigenvalue weighted by Crippen LogP contribution is 2.41. The lowest BCUT2D eigenvalue weighted by Gasteiger charge is -2.29. The van der Waals surface area contributed by atoms with Crippen LogP contribution in [-0.4, -0.2) is 78.0 Å². The van der Waals surface area contributed by atoms with E-state index in [2.05, 4.69) is 4.90 Å². The van der Waals surface area contributed by atoms with Crippen LogP contribution in [0, 0.1) is 10.1 Å². The molecule has 2 aromatic carbocycles. The Balaban J connectivity index is 1.73. The number of likely N-dealkylation sites (tertiary alicyclic amines) is 1. The summed E-state index contributed by atoms with van der Waals surface area (Å²) in [5.74, 6) is -1.66. The molecule has 11 heteroatoms. The third-order valence-electron chi connectivity index (χ3n) is 6.34. The van der Waals surface area contributed by atoms with Gasteiger partial charge in [0.1, 0.15) is 11.5 Å². The molecule has 0 bridgehead atoms. The van der Waals surface area contributed by atoms with Gasteiger partial charge >= 0.3 is 0 Å². The van der Waals surface area contributed by atoms with Crippen molar-refractivity contribution >= 4 is 34.7 Å². The number of aliphatic hydroxyl groups is 1. The Hall–Kier alpha value is -3.47. The zero-order valence-corrected chi connectivity index (χ0v) is 20.4. The first-order chi connectivity index (χ1) is 17.3. The van der Waals surface area contributed by atoms with Gasteiger partial charge in [0.25, 0.3) is 17.4 Å². The Morgan fingerprint density at radius 1 is 1.19 bits per heavy atom. The number of hydrogen-bond acceptors (Lipinski definition) is 8. The molecule has 2 fully saturated rings. The van der Waals surface area contributed by atoms with Gasteiger partial charge in [0.05, 0.1) is 41.9 Å². The van der Waals surface area contributed by atoms with E-state index in [1.165, 1.54) is 48.4 Å². The van der Waals surface area contributed by atoms with Gasteiger partial charge in [0.15, 0.2) is 0 Å². The quantitative estimate of drug-likeness (QED) is 0.186. The normalized spacial score (nSPS) is 20.1. The van der Waals surface area contributed by atoms with E-state index in [-0.39, 0.29) is 28.4 Å².